The Labute approximate surface area is 159 Å². The molecule has 0 spiro atoms. The smallest absolute Gasteiger partial charge is 0.244 e. The van der Waals surface area contributed by atoms with Crippen LogP contribution in [-0.4, -0.2) is 16.4 Å². The van der Waals surface area contributed by atoms with Gasteiger partial charge in [-0.3, -0.25) is 9.59 Å². The van der Waals surface area contributed by atoms with Crippen molar-refractivity contribution in [2.24, 2.45) is 5.92 Å². The zero-order valence-corrected chi connectivity index (χ0v) is 16.0. The molecule has 0 saturated heterocycles. The summed E-state index contributed by atoms with van der Waals surface area (Å²) in [5.74, 6) is 0.226. The van der Waals surface area contributed by atoms with Gasteiger partial charge in [0.2, 0.25) is 11.8 Å². The van der Waals surface area contributed by atoms with Crippen molar-refractivity contribution in [2.45, 2.75) is 33.7 Å². The number of fused-ring (bicyclic) bond motifs is 1. The standard InChI is InChI=1S/C22H25N3O2/c1-15(2)12-21(26)23-18-8-10-19(11-9-18)24-22(27)14-25-16(3)13-17-6-4-5-7-20(17)25/h4-11,13,15H,12,14H2,1-3H3,(H,23,26)(H,24,27). The molecule has 0 unspecified atom stereocenters. The first kappa shape index (κ1) is 18.7. The molecule has 0 bridgehead atoms. The number of nitrogens with zero attached hydrogens (tertiary/aromatic N) is 1. The van der Waals surface area contributed by atoms with Crippen LogP contribution in [0.3, 0.4) is 0 Å². The van der Waals surface area contributed by atoms with Crippen molar-refractivity contribution in [1.29, 1.82) is 0 Å². The quantitative estimate of drug-likeness (QED) is 0.674. The minimum atomic E-state index is -0.0870. The zero-order valence-electron chi connectivity index (χ0n) is 16.0. The highest BCUT2D eigenvalue weighted by atomic mass is 16.2. The Kier molecular flexibility index (Phi) is 5.60. The number of aromatic nitrogens is 1. The first-order valence-electron chi connectivity index (χ1n) is 9.17. The van der Waals surface area contributed by atoms with Crippen molar-refractivity contribution in [2.75, 3.05) is 10.6 Å². The Morgan fingerprint density at radius 3 is 2.15 bits per heavy atom. The number of anilines is 2. The van der Waals surface area contributed by atoms with Crippen LogP contribution >= 0.6 is 0 Å². The molecule has 2 N–H and O–H groups in total. The van der Waals surface area contributed by atoms with Crippen molar-refractivity contribution in [3.05, 3.63) is 60.3 Å². The van der Waals surface area contributed by atoms with E-state index in [1.54, 1.807) is 24.3 Å². The molecule has 5 nitrogen and oxygen atoms in total. The molecule has 0 saturated carbocycles. The van der Waals surface area contributed by atoms with Gasteiger partial charge >= 0.3 is 0 Å². The summed E-state index contributed by atoms with van der Waals surface area (Å²) in [5, 5.41) is 6.90. The molecule has 0 aliphatic carbocycles. The molecule has 27 heavy (non-hydrogen) atoms. The molecule has 1 heterocycles. The predicted molar refractivity (Wildman–Crippen MR) is 110 cm³/mol. The molecule has 2 aromatic carbocycles. The zero-order chi connectivity index (χ0) is 19.4. The van der Waals surface area contributed by atoms with E-state index in [4.69, 9.17) is 0 Å². The number of carbonyl (C=O) groups is 2. The van der Waals surface area contributed by atoms with Crippen LogP contribution in [0.4, 0.5) is 11.4 Å². The van der Waals surface area contributed by atoms with Gasteiger partial charge < -0.3 is 15.2 Å². The molecule has 140 valence electrons. The van der Waals surface area contributed by atoms with Gasteiger partial charge in [-0.15, -0.1) is 0 Å². The molecule has 5 heteroatoms. The van der Waals surface area contributed by atoms with Crippen LogP contribution in [-0.2, 0) is 16.1 Å². The van der Waals surface area contributed by atoms with E-state index in [9.17, 15) is 9.59 Å². The van der Waals surface area contributed by atoms with Crippen LogP contribution in [0.1, 0.15) is 26.0 Å². The second kappa shape index (κ2) is 8.08. The Bertz CT molecular complexity index is 955. The summed E-state index contributed by atoms with van der Waals surface area (Å²) in [6.45, 7) is 6.27. The third kappa shape index (κ3) is 4.76. The molecular formula is C22H25N3O2. The minimum absolute atomic E-state index is 0.00301. The van der Waals surface area contributed by atoms with E-state index < -0.39 is 0 Å². The van der Waals surface area contributed by atoms with Gasteiger partial charge in [-0.25, -0.2) is 0 Å². The molecule has 2 amide bonds. The first-order chi connectivity index (χ1) is 12.9. The summed E-state index contributed by atoms with van der Waals surface area (Å²) in [7, 11) is 0. The predicted octanol–water partition coefficient (Wildman–Crippen LogP) is 4.57. The van der Waals surface area contributed by atoms with Crippen LogP contribution in [0.25, 0.3) is 10.9 Å². The molecule has 3 rings (SSSR count). The van der Waals surface area contributed by atoms with E-state index >= 15 is 0 Å². The van der Waals surface area contributed by atoms with Gasteiger partial charge in [-0.05, 0) is 54.6 Å². The monoisotopic (exact) mass is 363 g/mol. The summed E-state index contributed by atoms with van der Waals surface area (Å²) in [5.41, 5.74) is 3.53. The third-order valence-corrected chi connectivity index (χ3v) is 4.37. The van der Waals surface area contributed by atoms with E-state index in [1.165, 1.54) is 0 Å². The van der Waals surface area contributed by atoms with Crippen LogP contribution in [0.2, 0.25) is 0 Å². The number of benzene rings is 2. The Morgan fingerprint density at radius 2 is 1.52 bits per heavy atom. The van der Waals surface area contributed by atoms with Crippen molar-refractivity contribution in [1.82, 2.24) is 4.57 Å². The minimum Gasteiger partial charge on any atom is -0.335 e. The number of hydrogen-bond donors (Lipinski definition) is 2. The van der Waals surface area contributed by atoms with Crippen LogP contribution < -0.4 is 10.6 Å². The van der Waals surface area contributed by atoms with Crippen molar-refractivity contribution < 1.29 is 9.59 Å². The average molecular weight is 363 g/mol. The lowest BCUT2D eigenvalue weighted by molar-refractivity contribution is -0.117. The number of nitrogens with one attached hydrogen (secondary N) is 2. The molecule has 0 aliphatic rings. The topological polar surface area (TPSA) is 63.1 Å². The lowest BCUT2D eigenvalue weighted by atomic mass is 10.1. The second-order valence-electron chi connectivity index (χ2n) is 7.20. The fourth-order valence-electron chi connectivity index (χ4n) is 3.12. The largest absolute Gasteiger partial charge is 0.335 e. The maximum Gasteiger partial charge on any atom is 0.244 e. The number of rotatable bonds is 6. The van der Waals surface area contributed by atoms with Gasteiger partial charge in [0, 0.05) is 29.0 Å². The highest BCUT2D eigenvalue weighted by Crippen LogP contribution is 2.20. The van der Waals surface area contributed by atoms with E-state index in [1.807, 2.05) is 49.6 Å². The van der Waals surface area contributed by atoms with Gasteiger partial charge in [0.1, 0.15) is 6.54 Å². The third-order valence-electron chi connectivity index (χ3n) is 4.37. The fourth-order valence-corrected chi connectivity index (χ4v) is 3.12. The Hall–Kier alpha value is -3.08. The van der Waals surface area contributed by atoms with Crippen molar-refractivity contribution in [3.63, 3.8) is 0 Å². The number of hydrogen-bond acceptors (Lipinski definition) is 2. The number of aryl methyl sites for hydroxylation is 1. The normalized spacial score (nSPS) is 11.0. The lowest BCUT2D eigenvalue weighted by Crippen LogP contribution is -2.19. The van der Waals surface area contributed by atoms with E-state index in [0.717, 1.165) is 22.3 Å². The molecule has 0 radical (unpaired) electrons. The summed E-state index contributed by atoms with van der Waals surface area (Å²) >= 11 is 0. The Morgan fingerprint density at radius 1 is 0.926 bits per heavy atom. The lowest BCUT2D eigenvalue weighted by Gasteiger charge is -2.11. The SMILES string of the molecule is Cc1cc2ccccc2n1CC(=O)Nc1ccc(NC(=O)CC(C)C)cc1. The van der Waals surface area contributed by atoms with Crippen LogP contribution in [0.5, 0.6) is 0 Å². The first-order valence-corrected chi connectivity index (χ1v) is 9.17. The van der Waals surface area contributed by atoms with Gasteiger partial charge in [0.05, 0.1) is 0 Å². The van der Waals surface area contributed by atoms with Gasteiger partial charge in [0.25, 0.3) is 0 Å². The summed E-state index contributed by atoms with van der Waals surface area (Å²) < 4.78 is 2.01. The van der Waals surface area contributed by atoms with Gasteiger partial charge in [-0.1, -0.05) is 32.0 Å². The molecule has 0 atom stereocenters. The molecule has 1 aromatic heterocycles. The van der Waals surface area contributed by atoms with Gasteiger partial charge in [-0.2, -0.15) is 0 Å². The highest BCUT2D eigenvalue weighted by Gasteiger charge is 2.10. The number of amides is 2. The summed E-state index contributed by atoms with van der Waals surface area (Å²) in [4.78, 5) is 24.3. The maximum absolute atomic E-state index is 12.5. The average Bonchev–Trinajstić information content (AvgIpc) is 2.91. The van der Waals surface area contributed by atoms with Crippen molar-refractivity contribution >= 4 is 34.1 Å². The van der Waals surface area contributed by atoms with Crippen molar-refractivity contribution in [3.8, 4) is 0 Å². The highest BCUT2D eigenvalue weighted by molar-refractivity contribution is 5.94. The summed E-state index contributed by atoms with van der Waals surface area (Å²) in [6.07, 6.45) is 0.489. The van der Waals surface area contributed by atoms with E-state index in [0.29, 0.717) is 18.0 Å². The second-order valence-corrected chi connectivity index (χ2v) is 7.20. The maximum atomic E-state index is 12.5. The Balaban J connectivity index is 1.62. The van der Waals surface area contributed by atoms with E-state index in [2.05, 4.69) is 16.7 Å². The van der Waals surface area contributed by atoms with Crippen LogP contribution in [0, 0.1) is 12.8 Å². The number of para-hydroxylation sites is 1. The molecular weight excluding hydrogens is 338 g/mol. The molecule has 0 fully saturated rings. The number of carbonyl (C=O) groups excluding carboxylic acids is 2. The van der Waals surface area contributed by atoms with Crippen LogP contribution in [0.15, 0.2) is 54.6 Å². The fraction of sp³-hybridized carbons (Fsp3) is 0.273. The molecule has 0 aliphatic heterocycles. The van der Waals surface area contributed by atoms with Gasteiger partial charge in [0.15, 0.2) is 0 Å². The molecule has 3 aromatic rings. The van der Waals surface area contributed by atoms with E-state index in [-0.39, 0.29) is 18.4 Å². The summed E-state index contributed by atoms with van der Waals surface area (Å²) in [6, 6.07) is 17.3.